The van der Waals surface area contributed by atoms with Crippen LogP contribution in [0.5, 0.6) is 0 Å². The standard InChI is InChI=1S/C13H18N2O3/c1-9(8-16)7-14-13(18)11-3-5-12(6-4-11)15-10(2)17/h3-6,9,16H,7-8H2,1-2H3,(H,14,18)(H,15,17). The van der Waals surface area contributed by atoms with E-state index >= 15 is 0 Å². The van der Waals surface area contributed by atoms with E-state index in [0.717, 1.165) is 0 Å². The smallest absolute Gasteiger partial charge is 0.251 e. The van der Waals surface area contributed by atoms with E-state index in [9.17, 15) is 9.59 Å². The lowest BCUT2D eigenvalue weighted by atomic mass is 10.1. The minimum Gasteiger partial charge on any atom is -0.396 e. The van der Waals surface area contributed by atoms with Gasteiger partial charge in [0.25, 0.3) is 5.91 Å². The summed E-state index contributed by atoms with van der Waals surface area (Å²) >= 11 is 0. The van der Waals surface area contributed by atoms with Gasteiger partial charge in [-0.15, -0.1) is 0 Å². The lowest BCUT2D eigenvalue weighted by Gasteiger charge is -2.10. The minimum atomic E-state index is -0.190. The first-order chi connectivity index (χ1) is 8.52. The normalized spacial score (nSPS) is 11.7. The van der Waals surface area contributed by atoms with Gasteiger partial charge in [0.05, 0.1) is 0 Å². The van der Waals surface area contributed by atoms with Gasteiger partial charge in [0.1, 0.15) is 0 Å². The van der Waals surface area contributed by atoms with E-state index in [1.165, 1.54) is 6.92 Å². The van der Waals surface area contributed by atoms with Gasteiger partial charge in [-0.1, -0.05) is 6.92 Å². The van der Waals surface area contributed by atoms with Gasteiger partial charge in [-0.25, -0.2) is 0 Å². The van der Waals surface area contributed by atoms with Crippen LogP contribution in [0.4, 0.5) is 5.69 Å². The monoisotopic (exact) mass is 250 g/mol. The highest BCUT2D eigenvalue weighted by molar-refractivity contribution is 5.95. The Bertz CT molecular complexity index is 415. The van der Waals surface area contributed by atoms with E-state index in [0.29, 0.717) is 17.8 Å². The molecule has 1 aromatic carbocycles. The highest BCUT2D eigenvalue weighted by Gasteiger charge is 2.07. The molecule has 98 valence electrons. The van der Waals surface area contributed by atoms with Crippen molar-refractivity contribution in [1.82, 2.24) is 5.32 Å². The molecule has 0 heterocycles. The Kier molecular flexibility index (Phi) is 5.32. The van der Waals surface area contributed by atoms with Crippen molar-refractivity contribution in [3.05, 3.63) is 29.8 Å². The van der Waals surface area contributed by atoms with E-state index < -0.39 is 0 Å². The van der Waals surface area contributed by atoms with Crippen molar-refractivity contribution in [2.24, 2.45) is 5.92 Å². The molecule has 1 aromatic rings. The molecule has 1 rings (SSSR count). The van der Waals surface area contributed by atoms with Crippen LogP contribution in [-0.2, 0) is 4.79 Å². The Morgan fingerprint density at radius 3 is 2.39 bits per heavy atom. The molecular formula is C13H18N2O3. The van der Waals surface area contributed by atoms with Crippen molar-refractivity contribution in [1.29, 1.82) is 0 Å². The molecule has 0 aliphatic rings. The maximum atomic E-state index is 11.7. The van der Waals surface area contributed by atoms with E-state index in [-0.39, 0.29) is 24.3 Å². The number of amides is 2. The highest BCUT2D eigenvalue weighted by Crippen LogP contribution is 2.09. The third-order valence-electron chi connectivity index (χ3n) is 2.39. The molecule has 0 saturated carbocycles. The van der Waals surface area contributed by atoms with Gasteiger partial charge < -0.3 is 15.7 Å². The quantitative estimate of drug-likeness (QED) is 0.729. The molecule has 0 aliphatic carbocycles. The van der Waals surface area contributed by atoms with Crippen LogP contribution in [0.1, 0.15) is 24.2 Å². The summed E-state index contributed by atoms with van der Waals surface area (Å²) in [7, 11) is 0. The average molecular weight is 250 g/mol. The van der Waals surface area contributed by atoms with Crippen LogP contribution >= 0.6 is 0 Å². The van der Waals surface area contributed by atoms with E-state index in [4.69, 9.17) is 5.11 Å². The topological polar surface area (TPSA) is 78.4 Å². The fraction of sp³-hybridized carbons (Fsp3) is 0.385. The molecule has 1 atom stereocenters. The summed E-state index contributed by atoms with van der Waals surface area (Å²) in [6.07, 6.45) is 0. The molecule has 0 saturated heterocycles. The summed E-state index contributed by atoms with van der Waals surface area (Å²) in [5.41, 5.74) is 1.18. The maximum absolute atomic E-state index is 11.7. The van der Waals surface area contributed by atoms with Crippen molar-refractivity contribution < 1.29 is 14.7 Å². The van der Waals surface area contributed by atoms with Crippen LogP contribution in [0.2, 0.25) is 0 Å². The Balaban J connectivity index is 2.56. The molecule has 5 nitrogen and oxygen atoms in total. The third kappa shape index (κ3) is 4.55. The zero-order chi connectivity index (χ0) is 13.5. The number of nitrogens with one attached hydrogen (secondary N) is 2. The Labute approximate surface area is 106 Å². The fourth-order valence-corrected chi connectivity index (χ4v) is 1.34. The molecule has 0 spiro atoms. The molecule has 3 N–H and O–H groups in total. The number of anilines is 1. The second kappa shape index (κ2) is 6.76. The summed E-state index contributed by atoms with van der Waals surface area (Å²) in [4.78, 5) is 22.5. The maximum Gasteiger partial charge on any atom is 0.251 e. The molecule has 5 heteroatoms. The van der Waals surface area contributed by atoms with Gasteiger partial charge in [-0.3, -0.25) is 9.59 Å². The van der Waals surface area contributed by atoms with Crippen molar-refractivity contribution >= 4 is 17.5 Å². The number of aliphatic hydroxyl groups is 1. The van der Waals surface area contributed by atoms with Crippen molar-refractivity contribution in [3.63, 3.8) is 0 Å². The summed E-state index contributed by atoms with van der Waals surface area (Å²) < 4.78 is 0. The largest absolute Gasteiger partial charge is 0.396 e. The number of carbonyl (C=O) groups is 2. The Morgan fingerprint density at radius 2 is 1.89 bits per heavy atom. The van der Waals surface area contributed by atoms with Gasteiger partial charge in [-0.05, 0) is 30.2 Å². The Hall–Kier alpha value is -1.88. The molecule has 18 heavy (non-hydrogen) atoms. The van der Waals surface area contributed by atoms with E-state index in [2.05, 4.69) is 10.6 Å². The van der Waals surface area contributed by atoms with Gasteiger partial charge >= 0.3 is 0 Å². The molecule has 0 aromatic heterocycles. The first-order valence-corrected chi connectivity index (χ1v) is 5.79. The summed E-state index contributed by atoms with van der Waals surface area (Å²) in [5, 5.41) is 14.2. The number of carbonyl (C=O) groups excluding carboxylic acids is 2. The average Bonchev–Trinajstić information content (AvgIpc) is 2.35. The van der Waals surface area contributed by atoms with Gasteiger partial charge in [0.15, 0.2) is 0 Å². The van der Waals surface area contributed by atoms with Crippen molar-refractivity contribution in [3.8, 4) is 0 Å². The number of hydrogen-bond donors (Lipinski definition) is 3. The molecule has 0 aliphatic heterocycles. The van der Waals surface area contributed by atoms with Crippen molar-refractivity contribution in [2.45, 2.75) is 13.8 Å². The zero-order valence-corrected chi connectivity index (χ0v) is 10.6. The number of rotatable bonds is 5. The first-order valence-electron chi connectivity index (χ1n) is 5.79. The van der Waals surface area contributed by atoms with Crippen LogP contribution < -0.4 is 10.6 Å². The third-order valence-corrected chi connectivity index (χ3v) is 2.39. The fourth-order valence-electron chi connectivity index (χ4n) is 1.34. The summed E-state index contributed by atoms with van der Waals surface area (Å²) in [6, 6.07) is 6.63. The highest BCUT2D eigenvalue weighted by atomic mass is 16.3. The summed E-state index contributed by atoms with van der Waals surface area (Å²) in [6.45, 7) is 3.75. The minimum absolute atomic E-state index is 0.0348. The lowest BCUT2D eigenvalue weighted by Crippen LogP contribution is -2.29. The predicted octanol–water partition coefficient (Wildman–Crippen LogP) is 1.00. The molecule has 0 bridgehead atoms. The van der Waals surface area contributed by atoms with Crippen LogP contribution in [-0.4, -0.2) is 30.1 Å². The molecular weight excluding hydrogens is 232 g/mol. The Morgan fingerprint density at radius 1 is 1.28 bits per heavy atom. The van der Waals surface area contributed by atoms with Gasteiger partial charge in [-0.2, -0.15) is 0 Å². The second-order valence-electron chi connectivity index (χ2n) is 4.26. The zero-order valence-electron chi connectivity index (χ0n) is 10.6. The molecule has 0 fully saturated rings. The predicted molar refractivity (Wildman–Crippen MR) is 69.3 cm³/mol. The number of aliphatic hydroxyl groups excluding tert-OH is 1. The lowest BCUT2D eigenvalue weighted by molar-refractivity contribution is -0.114. The van der Waals surface area contributed by atoms with Crippen molar-refractivity contribution in [2.75, 3.05) is 18.5 Å². The molecule has 2 amide bonds. The number of benzene rings is 1. The first kappa shape index (κ1) is 14.2. The van der Waals surface area contributed by atoms with E-state index in [1.807, 2.05) is 6.92 Å². The van der Waals surface area contributed by atoms with Crippen LogP contribution in [0, 0.1) is 5.92 Å². The molecule has 1 unspecified atom stereocenters. The number of hydrogen-bond acceptors (Lipinski definition) is 3. The summed E-state index contributed by atoms with van der Waals surface area (Å²) in [5.74, 6) is -0.304. The molecule has 0 radical (unpaired) electrons. The van der Waals surface area contributed by atoms with Gasteiger partial charge in [0.2, 0.25) is 5.91 Å². The van der Waals surface area contributed by atoms with Crippen LogP contribution in [0.15, 0.2) is 24.3 Å². The SMILES string of the molecule is CC(=O)Nc1ccc(C(=O)NCC(C)CO)cc1. The van der Waals surface area contributed by atoms with Crippen LogP contribution in [0.3, 0.4) is 0 Å². The van der Waals surface area contributed by atoms with E-state index in [1.54, 1.807) is 24.3 Å². The van der Waals surface area contributed by atoms with Crippen LogP contribution in [0.25, 0.3) is 0 Å². The second-order valence-corrected chi connectivity index (χ2v) is 4.26. The van der Waals surface area contributed by atoms with Gasteiger partial charge in [0, 0.05) is 31.3 Å².